The van der Waals surface area contributed by atoms with E-state index in [-0.39, 0.29) is 0 Å². The number of H-pyrrole nitrogens is 1. The molecule has 0 spiro atoms. The quantitative estimate of drug-likeness (QED) is 0.465. The predicted molar refractivity (Wildman–Crippen MR) is 103 cm³/mol. The van der Waals surface area contributed by atoms with Gasteiger partial charge in [0.15, 0.2) is 5.65 Å². The molecule has 0 atom stereocenters. The number of hydrogen-bond acceptors (Lipinski definition) is 2. The first-order valence-corrected chi connectivity index (χ1v) is 8.36. The van der Waals surface area contributed by atoms with Gasteiger partial charge in [-0.25, -0.2) is 9.50 Å². The predicted octanol–water partition coefficient (Wildman–Crippen LogP) is 4.28. The van der Waals surface area contributed by atoms with Gasteiger partial charge in [0.25, 0.3) is 0 Å². The van der Waals surface area contributed by atoms with Crippen LogP contribution in [0.15, 0.2) is 79.1 Å². The van der Waals surface area contributed by atoms with Crippen LogP contribution in [-0.2, 0) is 0 Å². The lowest BCUT2D eigenvalue weighted by Crippen LogP contribution is -1.96. The number of rotatable bonds is 1. The van der Waals surface area contributed by atoms with Crippen molar-refractivity contribution >= 4 is 16.6 Å². The fourth-order valence-electron chi connectivity index (χ4n) is 2.99. The lowest BCUT2D eigenvalue weighted by molar-refractivity contribution is 0.930. The Morgan fingerprint density at radius 1 is 0.885 bits per heavy atom. The van der Waals surface area contributed by atoms with Crippen molar-refractivity contribution in [3.8, 4) is 23.1 Å². The van der Waals surface area contributed by atoms with E-state index in [9.17, 15) is 0 Å². The van der Waals surface area contributed by atoms with Gasteiger partial charge in [-0.05, 0) is 42.3 Å². The second kappa shape index (κ2) is 5.91. The topological polar surface area (TPSA) is 46.0 Å². The minimum Gasteiger partial charge on any atom is -0.361 e. The Morgan fingerprint density at radius 3 is 2.73 bits per heavy atom. The third kappa shape index (κ3) is 2.52. The van der Waals surface area contributed by atoms with E-state index in [4.69, 9.17) is 5.10 Å². The number of fused-ring (bicyclic) bond motifs is 2. The minimum atomic E-state index is 0.770. The lowest BCUT2D eigenvalue weighted by Gasteiger charge is -2.01. The average Bonchev–Trinajstić information content (AvgIpc) is 3.33. The number of benzene rings is 2. The molecule has 26 heavy (non-hydrogen) atoms. The molecule has 0 unspecified atom stereocenters. The standard InChI is InChI=1S/C22H14N4/c1-2-4-17(5-3-1)21-10-11-22-24-15-19(26(22)25-21)8-6-16-7-9-20-18(14-16)12-13-23-20/h1-5,7,9-15,23H. The number of aromatic nitrogens is 4. The van der Waals surface area contributed by atoms with Crippen molar-refractivity contribution in [2.75, 3.05) is 0 Å². The second-order valence-corrected chi connectivity index (χ2v) is 6.03. The lowest BCUT2D eigenvalue weighted by atomic mass is 10.1. The molecule has 5 aromatic rings. The summed E-state index contributed by atoms with van der Waals surface area (Å²) < 4.78 is 1.80. The van der Waals surface area contributed by atoms with Crippen molar-refractivity contribution in [3.05, 3.63) is 90.4 Å². The van der Waals surface area contributed by atoms with Crippen LogP contribution in [0.4, 0.5) is 0 Å². The van der Waals surface area contributed by atoms with Crippen LogP contribution in [0.25, 0.3) is 27.8 Å². The highest BCUT2D eigenvalue weighted by atomic mass is 15.3. The van der Waals surface area contributed by atoms with Gasteiger partial charge in [0.2, 0.25) is 0 Å². The highest BCUT2D eigenvalue weighted by Gasteiger charge is 2.05. The highest BCUT2D eigenvalue weighted by Crippen LogP contribution is 2.17. The van der Waals surface area contributed by atoms with E-state index in [1.54, 1.807) is 10.7 Å². The van der Waals surface area contributed by atoms with Gasteiger partial charge in [-0.15, -0.1) is 0 Å². The van der Waals surface area contributed by atoms with Crippen LogP contribution in [0.2, 0.25) is 0 Å². The molecular formula is C22H14N4. The van der Waals surface area contributed by atoms with Crippen molar-refractivity contribution in [2.24, 2.45) is 0 Å². The summed E-state index contributed by atoms with van der Waals surface area (Å²) in [6.45, 7) is 0. The zero-order valence-corrected chi connectivity index (χ0v) is 13.8. The van der Waals surface area contributed by atoms with E-state index in [0.717, 1.165) is 39.1 Å². The van der Waals surface area contributed by atoms with Gasteiger partial charge >= 0.3 is 0 Å². The smallest absolute Gasteiger partial charge is 0.154 e. The first-order valence-electron chi connectivity index (χ1n) is 8.36. The van der Waals surface area contributed by atoms with Crippen molar-refractivity contribution in [3.63, 3.8) is 0 Å². The summed E-state index contributed by atoms with van der Waals surface area (Å²) in [6, 6.07) is 22.2. The molecule has 3 aromatic heterocycles. The highest BCUT2D eigenvalue weighted by molar-refractivity contribution is 5.80. The molecule has 4 heteroatoms. The molecule has 1 N–H and O–H groups in total. The molecule has 0 aliphatic carbocycles. The van der Waals surface area contributed by atoms with E-state index in [1.807, 2.05) is 66.9 Å². The summed E-state index contributed by atoms with van der Waals surface area (Å²) in [4.78, 5) is 7.59. The molecule has 0 amide bonds. The van der Waals surface area contributed by atoms with Crippen LogP contribution in [-0.4, -0.2) is 19.6 Å². The first-order chi connectivity index (χ1) is 12.9. The Kier molecular flexibility index (Phi) is 3.29. The van der Waals surface area contributed by atoms with Gasteiger partial charge in [0.05, 0.1) is 11.9 Å². The third-order valence-electron chi connectivity index (χ3n) is 4.32. The van der Waals surface area contributed by atoms with Crippen LogP contribution in [0.3, 0.4) is 0 Å². The number of aromatic amines is 1. The average molecular weight is 334 g/mol. The Morgan fingerprint density at radius 2 is 1.81 bits per heavy atom. The summed E-state index contributed by atoms with van der Waals surface area (Å²) in [5.41, 5.74) is 5.60. The monoisotopic (exact) mass is 334 g/mol. The molecule has 0 radical (unpaired) electrons. The van der Waals surface area contributed by atoms with E-state index < -0.39 is 0 Å². The van der Waals surface area contributed by atoms with Gasteiger partial charge in [-0.3, -0.25) is 0 Å². The summed E-state index contributed by atoms with van der Waals surface area (Å²) >= 11 is 0. The zero-order chi connectivity index (χ0) is 17.3. The number of hydrogen-bond donors (Lipinski definition) is 1. The summed E-state index contributed by atoms with van der Waals surface area (Å²) in [5, 5.41) is 5.86. The molecule has 0 saturated carbocycles. The normalized spacial score (nSPS) is 10.8. The Bertz CT molecular complexity index is 1280. The van der Waals surface area contributed by atoms with Gasteiger partial charge in [-0.1, -0.05) is 36.3 Å². The molecule has 4 nitrogen and oxygen atoms in total. The molecule has 2 aromatic carbocycles. The molecule has 3 heterocycles. The number of imidazole rings is 1. The van der Waals surface area contributed by atoms with Crippen molar-refractivity contribution in [1.29, 1.82) is 0 Å². The maximum Gasteiger partial charge on any atom is 0.154 e. The number of nitrogens with one attached hydrogen (secondary N) is 1. The van der Waals surface area contributed by atoms with E-state index in [2.05, 4.69) is 27.9 Å². The first kappa shape index (κ1) is 14.5. The molecule has 0 aliphatic heterocycles. The van der Waals surface area contributed by atoms with Gasteiger partial charge in [0.1, 0.15) is 5.69 Å². The van der Waals surface area contributed by atoms with Gasteiger partial charge in [0, 0.05) is 28.2 Å². The molecule has 0 aliphatic rings. The Labute approximate surface area is 150 Å². The van der Waals surface area contributed by atoms with Crippen LogP contribution < -0.4 is 0 Å². The van der Waals surface area contributed by atoms with E-state index >= 15 is 0 Å². The van der Waals surface area contributed by atoms with E-state index in [0.29, 0.717) is 0 Å². The maximum atomic E-state index is 4.71. The number of nitrogens with zero attached hydrogens (tertiary/aromatic N) is 3. The summed E-state index contributed by atoms with van der Waals surface area (Å²) in [5.74, 6) is 6.41. The summed E-state index contributed by atoms with van der Waals surface area (Å²) in [6.07, 6.45) is 3.69. The molecule has 5 rings (SSSR count). The van der Waals surface area contributed by atoms with Crippen molar-refractivity contribution < 1.29 is 0 Å². The Hall–Kier alpha value is -3.84. The molecule has 0 saturated heterocycles. The largest absolute Gasteiger partial charge is 0.361 e. The zero-order valence-electron chi connectivity index (χ0n) is 13.8. The van der Waals surface area contributed by atoms with Crippen LogP contribution in [0.1, 0.15) is 11.3 Å². The van der Waals surface area contributed by atoms with Gasteiger partial charge in [-0.2, -0.15) is 5.10 Å². The fraction of sp³-hybridized carbons (Fsp3) is 0. The van der Waals surface area contributed by atoms with Crippen molar-refractivity contribution in [2.45, 2.75) is 0 Å². The maximum absolute atomic E-state index is 4.71. The molecule has 122 valence electrons. The molecular weight excluding hydrogens is 320 g/mol. The summed E-state index contributed by atoms with van der Waals surface area (Å²) in [7, 11) is 0. The van der Waals surface area contributed by atoms with Crippen molar-refractivity contribution in [1.82, 2.24) is 19.6 Å². The fourth-order valence-corrected chi connectivity index (χ4v) is 2.99. The SMILES string of the molecule is C(#Cc1cnc2ccc(-c3ccccc3)nn12)c1ccc2[nH]ccc2c1. The minimum absolute atomic E-state index is 0.770. The van der Waals surface area contributed by atoms with Crippen LogP contribution in [0.5, 0.6) is 0 Å². The molecule has 0 bridgehead atoms. The molecule has 0 fully saturated rings. The second-order valence-electron chi connectivity index (χ2n) is 6.03. The van der Waals surface area contributed by atoms with Crippen LogP contribution >= 0.6 is 0 Å². The van der Waals surface area contributed by atoms with Gasteiger partial charge < -0.3 is 4.98 Å². The third-order valence-corrected chi connectivity index (χ3v) is 4.32. The van der Waals surface area contributed by atoms with E-state index in [1.165, 1.54) is 0 Å². The van der Waals surface area contributed by atoms with Crippen LogP contribution in [0, 0.1) is 11.8 Å². The Balaban J connectivity index is 1.57.